The molecule has 0 fully saturated rings. The zero-order valence-electron chi connectivity index (χ0n) is 18.9. The molecule has 3 rings (SSSR count). The third-order valence-electron chi connectivity index (χ3n) is 5.36. The van der Waals surface area contributed by atoms with Gasteiger partial charge in [0.15, 0.2) is 18.0 Å². The Morgan fingerprint density at radius 3 is 2.23 bits per heavy atom. The van der Waals surface area contributed by atoms with Crippen molar-refractivity contribution in [3.8, 4) is 17.2 Å². The van der Waals surface area contributed by atoms with E-state index in [0.29, 0.717) is 24.6 Å². The minimum absolute atomic E-state index is 0.104. The Labute approximate surface area is 183 Å². The van der Waals surface area contributed by atoms with Gasteiger partial charge in [-0.05, 0) is 52.7 Å². The number of fused-ring (bicyclic) bond motifs is 1. The van der Waals surface area contributed by atoms with Crippen LogP contribution < -0.4 is 19.1 Å². The van der Waals surface area contributed by atoms with Gasteiger partial charge in [-0.25, -0.2) is 0 Å². The Balaban J connectivity index is 1.59. The number of amides is 1. The number of ether oxygens (including phenoxy) is 3. The molecule has 0 spiro atoms. The van der Waals surface area contributed by atoms with Crippen molar-refractivity contribution in [1.29, 1.82) is 0 Å². The molecule has 0 aliphatic carbocycles. The summed E-state index contributed by atoms with van der Waals surface area (Å²) >= 11 is 0. The van der Waals surface area contributed by atoms with Crippen LogP contribution in [-0.4, -0.2) is 52.8 Å². The topological polar surface area (TPSA) is 52.4 Å². The number of carbonyl (C=O) groups is 1. The molecule has 0 aliphatic rings. The number of likely N-dealkylation sites (N-methyl/N-ethyl adjacent to an activating group) is 2. The first-order valence-corrected chi connectivity index (χ1v) is 10.3. The van der Waals surface area contributed by atoms with Crippen molar-refractivity contribution in [2.75, 3.05) is 42.0 Å². The molecule has 0 saturated carbocycles. The number of carbonyl (C=O) groups excluding carboxylic acids is 1. The summed E-state index contributed by atoms with van der Waals surface area (Å²) in [6.07, 6.45) is 0. The Bertz CT molecular complexity index is 1050. The molecule has 1 unspecified atom stereocenters. The van der Waals surface area contributed by atoms with Crippen molar-refractivity contribution < 1.29 is 23.9 Å². The fourth-order valence-corrected chi connectivity index (χ4v) is 3.66. The minimum atomic E-state index is 0.104. The molecule has 0 aromatic heterocycles. The molecule has 0 heterocycles. The lowest BCUT2D eigenvalue weighted by molar-refractivity contribution is -0.885. The molecule has 164 valence electrons. The number of quaternary nitrogens is 1. The summed E-state index contributed by atoms with van der Waals surface area (Å²) in [5.41, 5.74) is 2.20. The lowest BCUT2D eigenvalue weighted by Gasteiger charge is -2.21. The van der Waals surface area contributed by atoms with E-state index in [-0.39, 0.29) is 5.91 Å². The maximum atomic E-state index is 12.8. The monoisotopic (exact) mass is 423 g/mol. The van der Waals surface area contributed by atoms with Crippen molar-refractivity contribution in [3.05, 3.63) is 65.7 Å². The van der Waals surface area contributed by atoms with E-state index in [4.69, 9.17) is 14.2 Å². The fraction of sp³-hybridized carbons (Fsp3) is 0.320. The number of hydrogen-bond donors (Lipinski definition) is 1. The van der Waals surface area contributed by atoms with Crippen LogP contribution in [0.4, 0.5) is 0 Å². The second-order valence-corrected chi connectivity index (χ2v) is 7.80. The lowest BCUT2D eigenvalue weighted by Crippen LogP contribution is -3.08. The number of nitrogens with one attached hydrogen (secondary N) is 1. The van der Waals surface area contributed by atoms with Gasteiger partial charge >= 0.3 is 0 Å². The van der Waals surface area contributed by atoms with Crippen LogP contribution >= 0.6 is 0 Å². The van der Waals surface area contributed by atoms with E-state index in [2.05, 4.69) is 18.2 Å². The maximum Gasteiger partial charge on any atom is 0.277 e. The average Bonchev–Trinajstić information content (AvgIpc) is 2.78. The Kier molecular flexibility index (Phi) is 7.36. The van der Waals surface area contributed by atoms with Crippen LogP contribution in [0.5, 0.6) is 17.2 Å². The summed E-state index contributed by atoms with van der Waals surface area (Å²) in [5.74, 6) is 2.35. The van der Waals surface area contributed by atoms with Crippen LogP contribution in [-0.2, 0) is 17.9 Å². The molecule has 31 heavy (non-hydrogen) atoms. The van der Waals surface area contributed by atoms with Crippen LogP contribution in [0.2, 0.25) is 0 Å². The lowest BCUT2D eigenvalue weighted by atomic mass is 10.1. The molecule has 0 aliphatic heterocycles. The molecule has 6 heteroatoms. The van der Waals surface area contributed by atoms with Crippen molar-refractivity contribution in [2.45, 2.75) is 13.1 Å². The van der Waals surface area contributed by atoms with Gasteiger partial charge in [0.2, 0.25) is 0 Å². The third kappa shape index (κ3) is 5.67. The van der Waals surface area contributed by atoms with E-state index in [1.54, 1.807) is 26.2 Å². The van der Waals surface area contributed by atoms with Gasteiger partial charge in [0.05, 0.1) is 28.4 Å². The summed E-state index contributed by atoms with van der Waals surface area (Å²) in [4.78, 5) is 15.6. The molecule has 0 radical (unpaired) electrons. The largest absolute Gasteiger partial charge is 0.497 e. The summed E-state index contributed by atoms with van der Waals surface area (Å²) in [5, 5.41) is 2.26. The minimum Gasteiger partial charge on any atom is -0.497 e. The highest BCUT2D eigenvalue weighted by atomic mass is 16.5. The molecule has 1 atom stereocenters. The van der Waals surface area contributed by atoms with Gasteiger partial charge in [-0.2, -0.15) is 0 Å². The van der Waals surface area contributed by atoms with E-state index in [0.717, 1.165) is 39.1 Å². The van der Waals surface area contributed by atoms with Crippen LogP contribution in [0, 0.1) is 0 Å². The van der Waals surface area contributed by atoms with Gasteiger partial charge in [0, 0.05) is 19.2 Å². The third-order valence-corrected chi connectivity index (χ3v) is 5.36. The first-order valence-electron chi connectivity index (χ1n) is 10.3. The summed E-state index contributed by atoms with van der Waals surface area (Å²) < 4.78 is 15.9. The predicted molar refractivity (Wildman–Crippen MR) is 122 cm³/mol. The molecular formula is C25H31N2O4+. The maximum absolute atomic E-state index is 12.8. The highest BCUT2D eigenvalue weighted by Crippen LogP contribution is 2.27. The number of nitrogens with zero attached hydrogens (tertiary/aromatic N) is 1. The number of hydrogen-bond acceptors (Lipinski definition) is 4. The van der Waals surface area contributed by atoms with Crippen LogP contribution in [0.25, 0.3) is 10.8 Å². The highest BCUT2D eigenvalue weighted by molar-refractivity contribution is 5.84. The average molecular weight is 424 g/mol. The van der Waals surface area contributed by atoms with Crippen molar-refractivity contribution in [2.24, 2.45) is 0 Å². The van der Waals surface area contributed by atoms with Gasteiger partial charge in [0.1, 0.15) is 12.3 Å². The normalized spacial score (nSPS) is 11.8. The van der Waals surface area contributed by atoms with E-state index in [1.165, 1.54) is 0 Å². The van der Waals surface area contributed by atoms with Crippen molar-refractivity contribution >= 4 is 16.7 Å². The van der Waals surface area contributed by atoms with Crippen LogP contribution in [0.15, 0.2) is 54.6 Å². The van der Waals surface area contributed by atoms with Gasteiger partial charge in [-0.3, -0.25) is 4.79 Å². The van der Waals surface area contributed by atoms with E-state index in [1.807, 2.05) is 50.5 Å². The molecule has 6 nitrogen and oxygen atoms in total. The molecule has 0 bridgehead atoms. The standard InChI is InChI=1S/C25H30N2O4/c1-26(15-19-7-11-23(30-4)24(13-19)31-5)17-25(28)27(2)16-18-6-8-21-14-22(29-3)10-9-20(21)12-18/h6-14H,15-17H2,1-5H3/p+1. The zero-order chi connectivity index (χ0) is 22.4. The fourth-order valence-electron chi connectivity index (χ4n) is 3.66. The zero-order valence-corrected chi connectivity index (χ0v) is 18.9. The van der Waals surface area contributed by atoms with E-state index < -0.39 is 0 Å². The number of methoxy groups -OCH3 is 3. The SMILES string of the molecule is COc1ccc2cc(CN(C)C(=O)C[NH+](C)Cc3ccc(OC)c(OC)c3)ccc2c1. The van der Waals surface area contributed by atoms with Gasteiger partial charge in [-0.15, -0.1) is 0 Å². The van der Waals surface area contributed by atoms with Crippen molar-refractivity contribution in [3.63, 3.8) is 0 Å². The van der Waals surface area contributed by atoms with E-state index in [9.17, 15) is 4.79 Å². The molecular weight excluding hydrogens is 392 g/mol. The van der Waals surface area contributed by atoms with Gasteiger partial charge < -0.3 is 24.0 Å². The molecule has 1 N–H and O–H groups in total. The van der Waals surface area contributed by atoms with Crippen LogP contribution in [0.1, 0.15) is 11.1 Å². The summed E-state index contributed by atoms with van der Waals surface area (Å²) in [6.45, 7) is 1.71. The second-order valence-electron chi connectivity index (χ2n) is 7.80. The van der Waals surface area contributed by atoms with Crippen LogP contribution in [0.3, 0.4) is 0 Å². The van der Waals surface area contributed by atoms with E-state index >= 15 is 0 Å². The molecule has 0 saturated heterocycles. The second kappa shape index (κ2) is 10.2. The number of rotatable bonds is 9. The quantitative estimate of drug-likeness (QED) is 0.575. The first kappa shape index (κ1) is 22.4. The van der Waals surface area contributed by atoms with Gasteiger partial charge in [0.25, 0.3) is 5.91 Å². The first-order chi connectivity index (χ1) is 14.9. The highest BCUT2D eigenvalue weighted by Gasteiger charge is 2.16. The Hall–Kier alpha value is -3.25. The Morgan fingerprint density at radius 1 is 0.839 bits per heavy atom. The molecule has 3 aromatic carbocycles. The smallest absolute Gasteiger partial charge is 0.277 e. The predicted octanol–water partition coefficient (Wildman–Crippen LogP) is 2.54. The van der Waals surface area contributed by atoms with Crippen molar-refractivity contribution in [1.82, 2.24) is 4.90 Å². The van der Waals surface area contributed by atoms with Gasteiger partial charge in [-0.1, -0.05) is 18.2 Å². The summed E-state index contributed by atoms with van der Waals surface area (Å²) in [6, 6.07) is 18.1. The Morgan fingerprint density at radius 2 is 1.52 bits per heavy atom. The summed E-state index contributed by atoms with van der Waals surface area (Å²) in [7, 11) is 8.78. The molecule has 1 amide bonds. The number of benzene rings is 3. The molecule has 3 aromatic rings.